The van der Waals surface area contributed by atoms with Gasteiger partial charge in [0, 0.05) is 12.0 Å². The Morgan fingerprint density at radius 1 is 1.47 bits per heavy atom. The number of rotatable bonds is 2. The highest BCUT2D eigenvalue weighted by atomic mass is 32.2. The summed E-state index contributed by atoms with van der Waals surface area (Å²) < 4.78 is 19.2. The first-order chi connectivity index (χ1) is 8.14. The molecule has 2 nitrogen and oxygen atoms in total. The Hall–Kier alpha value is -0.740. The number of ether oxygens (including phenoxy) is 1. The first kappa shape index (κ1) is 11.4. The highest BCUT2D eigenvalue weighted by molar-refractivity contribution is 8.00. The van der Waals surface area contributed by atoms with E-state index in [1.54, 1.807) is 6.07 Å². The Bertz CT molecular complexity index is 445. The van der Waals surface area contributed by atoms with Crippen LogP contribution in [0.5, 0.6) is 5.75 Å². The minimum absolute atomic E-state index is 0.0467. The van der Waals surface area contributed by atoms with Crippen LogP contribution in [0.3, 0.4) is 0 Å². The van der Waals surface area contributed by atoms with Gasteiger partial charge in [-0.15, -0.1) is 0 Å². The van der Waals surface area contributed by atoms with Gasteiger partial charge in [0.05, 0.1) is 10.9 Å². The Balaban J connectivity index is 1.91. The van der Waals surface area contributed by atoms with Crippen molar-refractivity contribution >= 4 is 11.8 Å². The van der Waals surface area contributed by atoms with Crippen LogP contribution in [-0.2, 0) is 0 Å². The van der Waals surface area contributed by atoms with Gasteiger partial charge in [-0.25, -0.2) is 4.39 Å². The van der Waals surface area contributed by atoms with Crippen LogP contribution >= 0.6 is 11.8 Å². The van der Waals surface area contributed by atoms with Crippen molar-refractivity contribution in [1.82, 2.24) is 0 Å². The molecule has 1 N–H and O–H groups in total. The lowest BCUT2D eigenvalue weighted by Gasteiger charge is -2.34. The zero-order chi connectivity index (χ0) is 12.0. The van der Waals surface area contributed by atoms with E-state index in [9.17, 15) is 9.50 Å². The predicted molar refractivity (Wildman–Crippen MR) is 65.9 cm³/mol. The van der Waals surface area contributed by atoms with Crippen molar-refractivity contribution in [3.05, 3.63) is 29.6 Å². The molecule has 92 valence electrons. The van der Waals surface area contributed by atoms with Crippen LogP contribution in [0.25, 0.3) is 0 Å². The van der Waals surface area contributed by atoms with Gasteiger partial charge in [0.1, 0.15) is 17.7 Å². The van der Waals surface area contributed by atoms with Gasteiger partial charge in [-0.05, 0) is 37.3 Å². The van der Waals surface area contributed by atoms with Crippen LogP contribution in [0.2, 0.25) is 0 Å². The molecule has 0 spiro atoms. The van der Waals surface area contributed by atoms with Gasteiger partial charge >= 0.3 is 0 Å². The zero-order valence-corrected chi connectivity index (χ0v) is 10.5. The molecule has 1 heterocycles. The summed E-state index contributed by atoms with van der Waals surface area (Å²) in [4.78, 5) is 0. The SMILES string of the molecule is CSC1(C2C[C@@H](O)c3cc(F)ccc3O2)CC1. The average molecular weight is 254 g/mol. The molecule has 1 aliphatic carbocycles. The molecule has 1 aliphatic heterocycles. The predicted octanol–water partition coefficient (Wildman–Crippen LogP) is 2.91. The van der Waals surface area contributed by atoms with E-state index >= 15 is 0 Å². The van der Waals surface area contributed by atoms with Gasteiger partial charge in [0.25, 0.3) is 0 Å². The number of fused-ring (bicyclic) bond motifs is 1. The summed E-state index contributed by atoms with van der Waals surface area (Å²) in [6.45, 7) is 0. The minimum atomic E-state index is -0.607. The summed E-state index contributed by atoms with van der Waals surface area (Å²) in [7, 11) is 0. The Labute approximate surface area is 104 Å². The van der Waals surface area contributed by atoms with Crippen molar-refractivity contribution in [2.24, 2.45) is 0 Å². The maximum atomic E-state index is 13.1. The number of aliphatic hydroxyl groups excluding tert-OH is 1. The lowest BCUT2D eigenvalue weighted by atomic mass is 9.96. The highest BCUT2D eigenvalue weighted by Gasteiger charge is 2.52. The van der Waals surface area contributed by atoms with E-state index in [1.165, 1.54) is 12.1 Å². The first-order valence-corrected chi connectivity index (χ1v) is 7.06. The van der Waals surface area contributed by atoms with E-state index in [4.69, 9.17) is 4.74 Å². The van der Waals surface area contributed by atoms with E-state index in [0.717, 1.165) is 12.8 Å². The second kappa shape index (κ2) is 3.89. The topological polar surface area (TPSA) is 29.5 Å². The third-order valence-electron chi connectivity index (χ3n) is 3.77. The molecule has 1 aromatic rings. The van der Waals surface area contributed by atoms with Gasteiger partial charge in [-0.3, -0.25) is 0 Å². The average Bonchev–Trinajstić information content (AvgIpc) is 3.11. The normalized spacial score (nSPS) is 29.4. The molecule has 2 aliphatic rings. The fraction of sp³-hybridized carbons (Fsp3) is 0.538. The molecule has 0 saturated heterocycles. The van der Waals surface area contributed by atoms with E-state index in [2.05, 4.69) is 6.26 Å². The monoisotopic (exact) mass is 254 g/mol. The molecule has 1 aromatic carbocycles. The summed E-state index contributed by atoms with van der Waals surface area (Å²) in [6.07, 6.45) is 4.37. The van der Waals surface area contributed by atoms with Gasteiger partial charge in [-0.1, -0.05) is 0 Å². The first-order valence-electron chi connectivity index (χ1n) is 5.84. The van der Waals surface area contributed by atoms with Crippen molar-refractivity contribution in [3.63, 3.8) is 0 Å². The molecular formula is C13H15FO2S. The highest BCUT2D eigenvalue weighted by Crippen LogP contribution is 2.54. The molecule has 1 saturated carbocycles. The second-order valence-corrected chi connectivity index (χ2v) is 6.03. The van der Waals surface area contributed by atoms with Crippen LogP contribution in [0, 0.1) is 5.82 Å². The van der Waals surface area contributed by atoms with Gasteiger partial charge in [-0.2, -0.15) is 11.8 Å². The number of thioether (sulfide) groups is 1. The third kappa shape index (κ3) is 1.83. The Kier molecular flexibility index (Phi) is 2.60. The number of aliphatic hydroxyl groups is 1. The van der Waals surface area contributed by atoms with Crippen LogP contribution in [0.1, 0.15) is 30.9 Å². The van der Waals surface area contributed by atoms with Crippen LogP contribution < -0.4 is 4.74 Å². The van der Waals surface area contributed by atoms with Crippen molar-refractivity contribution in [2.45, 2.75) is 36.2 Å². The largest absolute Gasteiger partial charge is 0.488 e. The van der Waals surface area contributed by atoms with Crippen LogP contribution in [-0.4, -0.2) is 22.2 Å². The number of hydrogen-bond acceptors (Lipinski definition) is 3. The third-order valence-corrected chi connectivity index (χ3v) is 5.26. The van der Waals surface area contributed by atoms with Crippen LogP contribution in [0.4, 0.5) is 4.39 Å². The van der Waals surface area contributed by atoms with E-state index in [-0.39, 0.29) is 16.7 Å². The number of benzene rings is 1. The molecule has 2 atom stereocenters. The lowest BCUT2D eigenvalue weighted by Crippen LogP contribution is -2.36. The molecule has 0 bridgehead atoms. The van der Waals surface area contributed by atoms with E-state index < -0.39 is 6.10 Å². The molecular weight excluding hydrogens is 239 g/mol. The fourth-order valence-corrected chi connectivity index (χ4v) is 3.44. The molecule has 0 aromatic heterocycles. The number of halogens is 1. The summed E-state index contributed by atoms with van der Waals surface area (Å²) >= 11 is 1.81. The zero-order valence-electron chi connectivity index (χ0n) is 9.65. The van der Waals surface area contributed by atoms with Gasteiger partial charge in [0.2, 0.25) is 0 Å². The summed E-state index contributed by atoms with van der Waals surface area (Å²) in [6, 6.07) is 4.37. The molecule has 0 amide bonds. The quantitative estimate of drug-likeness (QED) is 0.880. The lowest BCUT2D eigenvalue weighted by molar-refractivity contribution is 0.0610. The number of hydrogen-bond donors (Lipinski definition) is 1. The molecule has 17 heavy (non-hydrogen) atoms. The van der Waals surface area contributed by atoms with Crippen molar-refractivity contribution in [2.75, 3.05) is 6.26 Å². The van der Waals surface area contributed by atoms with Crippen molar-refractivity contribution in [3.8, 4) is 5.75 Å². The molecule has 4 heteroatoms. The summed E-state index contributed by atoms with van der Waals surface area (Å²) in [5.41, 5.74) is 0.582. The van der Waals surface area contributed by atoms with E-state index in [1.807, 2.05) is 11.8 Å². The maximum Gasteiger partial charge on any atom is 0.125 e. The van der Waals surface area contributed by atoms with Crippen molar-refractivity contribution < 1.29 is 14.2 Å². The van der Waals surface area contributed by atoms with Gasteiger partial charge < -0.3 is 9.84 Å². The Morgan fingerprint density at radius 2 is 2.24 bits per heavy atom. The summed E-state index contributed by atoms with van der Waals surface area (Å²) in [5.74, 6) is 0.311. The van der Waals surface area contributed by atoms with Crippen molar-refractivity contribution in [1.29, 1.82) is 0 Å². The van der Waals surface area contributed by atoms with Crippen LogP contribution in [0.15, 0.2) is 18.2 Å². The maximum absolute atomic E-state index is 13.1. The Morgan fingerprint density at radius 3 is 2.88 bits per heavy atom. The molecule has 1 fully saturated rings. The minimum Gasteiger partial charge on any atom is -0.488 e. The van der Waals surface area contributed by atoms with Gasteiger partial charge in [0.15, 0.2) is 0 Å². The smallest absolute Gasteiger partial charge is 0.125 e. The van der Waals surface area contributed by atoms with E-state index in [0.29, 0.717) is 17.7 Å². The molecule has 0 radical (unpaired) electrons. The fourth-order valence-electron chi connectivity index (χ4n) is 2.52. The second-order valence-electron chi connectivity index (χ2n) is 4.81. The summed E-state index contributed by atoms with van der Waals surface area (Å²) in [5, 5.41) is 10.1. The molecule has 1 unspecified atom stereocenters. The molecule has 3 rings (SSSR count). The standard InChI is InChI=1S/C13H15FO2S/c1-17-13(4-5-13)12-7-10(15)9-6-8(14)2-3-11(9)16-12/h2-3,6,10,12,15H,4-5,7H2,1H3/t10-,12?/m1/s1.